The van der Waals surface area contributed by atoms with Crippen molar-refractivity contribution in [3.63, 3.8) is 0 Å². The highest BCUT2D eigenvalue weighted by molar-refractivity contribution is 6.42. The van der Waals surface area contributed by atoms with Crippen LogP contribution in [0.2, 0.25) is 15.2 Å². The molecule has 7 heteroatoms. The highest BCUT2D eigenvalue weighted by Crippen LogP contribution is 2.29. The van der Waals surface area contributed by atoms with Crippen LogP contribution in [-0.2, 0) is 9.47 Å². The summed E-state index contributed by atoms with van der Waals surface area (Å²) in [6.07, 6.45) is -0.0488. The SMILES string of the molecule is CC1(C)OCC(CNc2nc(Cl)c(Cl)cc2Cl)O1. The summed E-state index contributed by atoms with van der Waals surface area (Å²) in [7, 11) is 0. The van der Waals surface area contributed by atoms with Gasteiger partial charge in [-0.1, -0.05) is 34.8 Å². The summed E-state index contributed by atoms with van der Waals surface area (Å²) in [5.74, 6) is -0.0549. The topological polar surface area (TPSA) is 43.4 Å². The van der Waals surface area contributed by atoms with E-state index in [0.29, 0.717) is 29.0 Å². The maximum atomic E-state index is 6.00. The van der Waals surface area contributed by atoms with E-state index < -0.39 is 5.79 Å². The number of rotatable bonds is 3. The molecule has 1 unspecified atom stereocenters. The predicted octanol–water partition coefficient (Wildman–Crippen LogP) is 3.61. The normalized spacial score (nSPS) is 22.2. The van der Waals surface area contributed by atoms with Gasteiger partial charge in [-0.2, -0.15) is 0 Å². The summed E-state index contributed by atoms with van der Waals surface area (Å²) in [4.78, 5) is 4.06. The molecule has 1 saturated heterocycles. The molecule has 4 nitrogen and oxygen atoms in total. The lowest BCUT2D eigenvalue weighted by molar-refractivity contribution is -0.136. The zero-order chi connectivity index (χ0) is 13.3. The van der Waals surface area contributed by atoms with Crippen LogP contribution in [0.1, 0.15) is 13.8 Å². The summed E-state index contributed by atoms with van der Waals surface area (Å²) in [6.45, 7) is 4.81. The molecule has 0 spiro atoms. The maximum absolute atomic E-state index is 6.00. The summed E-state index contributed by atoms with van der Waals surface area (Å²) in [5, 5.41) is 4.03. The maximum Gasteiger partial charge on any atom is 0.163 e. The molecule has 0 saturated carbocycles. The van der Waals surface area contributed by atoms with E-state index in [4.69, 9.17) is 44.3 Å². The van der Waals surface area contributed by atoms with Gasteiger partial charge in [-0.25, -0.2) is 4.98 Å². The van der Waals surface area contributed by atoms with Crippen molar-refractivity contribution in [3.8, 4) is 0 Å². The second-order valence-corrected chi connectivity index (χ2v) is 5.60. The van der Waals surface area contributed by atoms with Crippen LogP contribution in [0.25, 0.3) is 0 Å². The second-order valence-electron chi connectivity index (χ2n) is 4.42. The molecule has 1 atom stereocenters. The summed E-state index contributed by atoms with van der Waals surface area (Å²) in [6, 6.07) is 1.55. The zero-order valence-electron chi connectivity index (χ0n) is 9.97. The molecule has 0 aromatic carbocycles. The van der Waals surface area contributed by atoms with Gasteiger partial charge in [0.15, 0.2) is 5.79 Å². The van der Waals surface area contributed by atoms with Crippen molar-refractivity contribution in [1.29, 1.82) is 0 Å². The number of nitrogens with zero attached hydrogens (tertiary/aromatic N) is 1. The van der Waals surface area contributed by atoms with Crippen LogP contribution in [0.5, 0.6) is 0 Å². The van der Waals surface area contributed by atoms with Crippen molar-refractivity contribution < 1.29 is 9.47 Å². The lowest BCUT2D eigenvalue weighted by atomic mass is 10.3. The van der Waals surface area contributed by atoms with Crippen LogP contribution in [0, 0.1) is 0 Å². The summed E-state index contributed by atoms with van der Waals surface area (Å²) >= 11 is 17.6. The van der Waals surface area contributed by atoms with E-state index in [1.807, 2.05) is 13.8 Å². The predicted molar refractivity (Wildman–Crippen MR) is 72.7 cm³/mol. The lowest BCUT2D eigenvalue weighted by Crippen LogP contribution is -2.26. The molecule has 1 aliphatic heterocycles. The molecule has 0 aliphatic carbocycles. The number of hydrogen-bond donors (Lipinski definition) is 1. The Labute approximate surface area is 121 Å². The van der Waals surface area contributed by atoms with Gasteiger partial charge in [0.2, 0.25) is 0 Å². The molecule has 1 aliphatic rings. The Morgan fingerprint density at radius 1 is 1.39 bits per heavy atom. The van der Waals surface area contributed by atoms with Gasteiger partial charge in [0.05, 0.1) is 16.7 Å². The average Bonchev–Trinajstić information content (AvgIpc) is 2.62. The number of halogens is 3. The lowest BCUT2D eigenvalue weighted by Gasteiger charge is -2.17. The fourth-order valence-corrected chi connectivity index (χ4v) is 2.21. The van der Waals surface area contributed by atoms with Crippen molar-refractivity contribution in [3.05, 3.63) is 21.3 Å². The fourth-order valence-electron chi connectivity index (χ4n) is 1.64. The molecule has 18 heavy (non-hydrogen) atoms. The minimum atomic E-state index is -0.540. The minimum absolute atomic E-state index is 0.0488. The van der Waals surface area contributed by atoms with E-state index in [1.165, 1.54) is 0 Å². The Morgan fingerprint density at radius 3 is 2.72 bits per heavy atom. The van der Waals surface area contributed by atoms with Crippen LogP contribution in [0.3, 0.4) is 0 Å². The van der Waals surface area contributed by atoms with Crippen molar-refractivity contribution in [2.75, 3.05) is 18.5 Å². The van der Waals surface area contributed by atoms with E-state index in [2.05, 4.69) is 10.3 Å². The molecule has 2 heterocycles. The standard InChI is InChI=1S/C11H13Cl3N2O2/c1-11(2)17-5-6(18-11)4-15-10-8(13)3-7(12)9(14)16-10/h3,6H,4-5H2,1-2H3,(H,15,16). The molecule has 2 rings (SSSR count). The van der Waals surface area contributed by atoms with Gasteiger partial charge < -0.3 is 14.8 Å². The van der Waals surface area contributed by atoms with Crippen LogP contribution in [0.15, 0.2) is 6.07 Å². The number of ether oxygens (including phenoxy) is 2. The number of pyridine rings is 1. The van der Waals surface area contributed by atoms with E-state index in [1.54, 1.807) is 6.07 Å². The van der Waals surface area contributed by atoms with Gasteiger partial charge in [0.25, 0.3) is 0 Å². The molecule has 1 aromatic rings. The van der Waals surface area contributed by atoms with E-state index in [-0.39, 0.29) is 11.3 Å². The highest BCUT2D eigenvalue weighted by atomic mass is 35.5. The molecule has 0 bridgehead atoms. The zero-order valence-corrected chi connectivity index (χ0v) is 12.2. The Kier molecular flexibility index (Phi) is 4.24. The molecular formula is C11H13Cl3N2O2. The number of anilines is 1. The minimum Gasteiger partial charge on any atom is -0.366 e. The third-order valence-electron chi connectivity index (χ3n) is 2.45. The summed E-state index contributed by atoms with van der Waals surface area (Å²) < 4.78 is 11.1. The second kappa shape index (κ2) is 5.39. The van der Waals surface area contributed by atoms with Gasteiger partial charge >= 0.3 is 0 Å². The molecule has 0 amide bonds. The third kappa shape index (κ3) is 3.39. The molecule has 1 aromatic heterocycles. The molecule has 100 valence electrons. The molecule has 0 radical (unpaired) electrons. The first-order valence-corrected chi connectivity index (χ1v) is 6.58. The Hall–Kier alpha value is -0.260. The Balaban J connectivity index is 1.97. The average molecular weight is 312 g/mol. The Morgan fingerprint density at radius 2 is 2.11 bits per heavy atom. The van der Waals surface area contributed by atoms with Crippen molar-refractivity contribution in [2.45, 2.75) is 25.7 Å². The summed E-state index contributed by atoms with van der Waals surface area (Å²) in [5.41, 5.74) is 0. The Bertz CT molecular complexity index is 454. The van der Waals surface area contributed by atoms with Crippen molar-refractivity contribution in [1.82, 2.24) is 4.98 Å². The number of nitrogens with one attached hydrogen (secondary N) is 1. The van der Waals surface area contributed by atoms with Crippen LogP contribution >= 0.6 is 34.8 Å². The fraction of sp³-hybridized carbons (Fsp3) is 0.545. The number of hydrogen-bond acceptors (Lipinski definition) is 4. The molecule has 1 fully saturated rings. The first-order chi connectivity index (χ1) is 8.37. The highest BCUT2D eigenvalue weighted by Gasteiger charge is 2.32. The smallest absolute Gasteiger partial charge is 0.163 e. The van der Waals surface area contributed by atoms with Crippen molar-refractivity contribution >= 4 is 40.6 Å². The first-order valence-electron chi connectivity index (χ1n) is 5.44. The quantitative estimate of drug-likeness (QED) is 0.866. The van der Waals surface area contributed by atoms with Gasteiger partial charge in [-0.05, 0) is 19.9 Å². The monoisotopic (exact) mass is 310 g/mol. The molecule has 1 N–H and O–H groups in total. The number of aromatic nitrogens is 1. The van der Waals surface area contributed by atoms with E-state index >= 15 is 0 Å². The van der Waals surface area contributed by atoms with Gasteiger partial charge in [-0.15, -0.1) is 0 Å². The molecular weight excluding hydrogens is 298 g/mol. The van der Waals surface area contributed by atoms with E-state index in [9.17, 15) is 0 Å². The van der Waals surface area contributed by atoms with Crippen molar-refractivity contribution in [2.24, 2.45) is 0 Å². The van der Waals surface area contributed by atoms with Crippen LogP contribution in [-0.4, -0.2) is 30.0 Å². The van der Waals surface area contributed by atoms with Gasteiger partial charge in [0.1, 0.15) is 17.1 Å². The van der Waals surface area contributed by atoms with Gasteiger partial charge in [-0.3, -0.25) is 0 Å². The largest absolute Gasteiger partial charge is 0.366 e. The third-order valence-corrected chi connectivity index (χ3v) is 3.41. The van der Waals surface area contributed by atoms with Crippen LogP contribution in [0.4, 0.5) is 5.82 Å². The van der Waals surface area contributed by atoms with E-state index in [0.717, 1.165) is 0 Å². The van der Waals surface area contributed by atoms with Gasteiger partial charge in [0, 0.05) is 6.54 Å². The first kappa shape index (κ1) is 14.2. The van der Waals surface area contributed by atoms with Crippen LogP contribution < -0.4 is 5.32 Å².